The molecule has 0 aliphatic carbocycles. The molecule has 0 radical (unpaired) electrons. The lowest BCUT2D eigenvalue weighted by molar-refractivity contribution is 0.972. The molecule has 0 atom stereocenters. The smallest absolute Gasteiger partial charge is 0.255 e. The van der Waals surface area contributed by atoms with E-state index in [0.717, 1.165) is 16.8 Å². The van der Waals surface area contributed by atoms with Crippen LogP contribution in [0.4, 0.5) is 0 Å². The fourth-order valence-electron chi connectivity index (χ4n) is 2.32. The van der Waals surface area contributed by atoms with Crippen molar-refractivity contribution in [3.63, 3.8) is 0 Å². The lowest BCUT2D eigenvalue weighted by Gasteiger charge is -2.09. The number of nitrogens with zero attached hydrogens (tertiary/aromatic N) is 2. The summed E-state index contributed by atoms with van der Waals surface area (Å²) in [5, 5.41) is 0. The van der Waals surface area contributed by atoms with E-state index < -0.39 is 0 Å². The van der Waals surface area contributed by atoms with E-state index in [1.807, 2.05) is 42.5 Å². The molecule has 0 spiro atoms. The number of aromatic amines is 1. The molecular formula is C17H15N3O. The SMILES string of the molecule is Cc1nc(-c2ccncc2)c(Cc2ccccc2)c(=O)[nH]1. The summed E-state index contributed by atoms with van der Waals surface area (Å²) >= 11 is 0. The predicted octanol–water partition coefficient (Wildman–Crippen LogP) is 2.73. The molecule has 4 heteroatoms. The summed E-state index contributed by atoms with van der Waals surface area (Å²) in [5.74, 6) is 0.614. The van der Waals surface area contributed by atoms with Gasteiger partial charge in [0.15, 0.2) is 0 Å². The van der Waals surface area contributed by atoms with E-state index in [-0.39, 0.29) is 5.56 Å². The molecule has 0 bridgehead atoms. The fraction of sp³-hybridized carbons (Fsp3) is 0.118. The Kier molecular flexibility index (Phi) is 3.60. The first kappa shape index (κ1) is 13.2. The molecular weight excluding hydrogens is 262 g/mol. The van der Waals surface area contributed by atoms with Crippen LogP contribution in [0.3, 0.4) is 0 Å². The molecule has 2 heterocycles. The van der Waals surface area contributed by atoms with Crippen LogP contribution in [0.2, 0.25) is 0 Å². The van der Waals surface area contributed by atoms with Crippen molar-refractivity contribution in [2.24, 2.45) is 0 Å². The predicted molar refractivity (Wildman–Crippen MR) is 82.1 cm³/mol. The van der Waals surface area contributed by atoms with E-state index in [1.165, 1.54) is 0 Å². The van der Waals surface area contributed by atoms with Crippen molar-refractivity contribution < 1.29 is 0 Å². The van der Waals surface area contributed by atoms with E-state index in [2.05, 4.69) is 15.0 Å². The Hall–Kier alpha value is -2.75. The lowest BCUT2D eigenvalue weighted by Crippen LogP contribution is -2.17. The highest BCUT2D eigenvalue weighted by atomic mass is 16.1. The van der Waals surface area contributed by atoms with Crippen LogP contribution in [-0.2, 0) is 6.42 Å². The van der Waals surface area contributed by atoms with Gasteiger partial charge in [-0.15, -0.1) is 0 Å². The minimum Gasteiger partial charge on any atom is -0.311 e. The molecule has 0 fully saturated rings. The Morgan fingerprint density at radius 1 is 1.05 bits per heavy atom. The molecule has 0 saturated heterocycles. The average molecular weight is 277 g/mol. The highest BCUT2D eigenvalue weighted by molar-refractivity contribution is 5.62. The van der Waals surface area contributed by atoms with E-state index in [1.54, 1.807) is 19.3 Å². The number of H-pyrrole nitrogens is 1. The van der Waals surface area contributed by atoms with Gasteiger partial charge in [0.2, 0.25) is 0 Å². The van der Waals surface area contributed by atoms with E-state index in [0.29, 0.717) is 17.8 Å². The highest BCUT2D eigenvalue weighted by Gasteiger charge is 2.12. The second-order valence-corrected chi connectivity index (χ2v) is 4.88. The van der Waals surface area contributed by atoms with Crippen LogP contribution in [0.15, 0.2) is 59.7 Å². The number of aryl methyl sites for hydroxylation is 1. The highest BCUT2D eigenvalue weighted by Crippen LogP contribution is 2.20. The Morgan fingerprint density at radius 3 is 2.48 bits per heavy atom. The van der Waals surface area contributed by atoms with Gasteiger partial charge in [0.25, 0.3) is 5.56 Å². The van der Waals surface area contributed by atoms with Crippen molar-refractivity contribution in [3.05, 3.63) is 82.2 Å². The average Bonchev–Trinajstić information content (AvgIpc) is 2.51. The van der Waals surface area contributed by atoms with Gasteiger partial charge in [0, 0.05) is 29.9 Å². The van der Waals surface area contributed by atoms with Crippen LogP contribution in [0.1, 0.15) is 17.0 Å². The third-order valence-electron chi connectivity index (χ3n) is 3.31. The summed E-state index contributed by atoms with van der Waals surface area (Å²) in [6.07, 6.45) is 3.97. The maximum atomic E-state index is 12.3. The van der Waals surface area contributed by atoms with Crippen molar-refractivity contribution in [3.8, 4) is 11.3 Å². The Balaban J connectivity index is 2.13. The molecule has 0 saturated carbocycles. The molecule has 1 aromatic carbocycles. The monoisotopic (exact) mass is 277 g/mol. The normalized spacial score (nSPS) is 10.5. The van der Waals surface area contributed by atoms with Crippen LogP contribution in [0.5, 0.6) is 0 Å². The van der Waals surface area contributed by atoms with Gasteiger partial charge in [-0.3, -0.25) is 9.78 Å². The maximum absolute atomic E-state index is 12.3. The minimum absolute atomic E-state index is 0.0850. The van der Waals surface area contributed by atoms with Crippen LogP contribution in [0.25, 0.3) is 11.3 Å². The van der Waals surface area contributed by atoms with Gasteiger partial charge in [-0.25, -0.2) is 4.98 Å². The first-order chi connectivity index (χ1) is 10.2. The Bertz CT molecular complexity index is 795. The van der Waals surface area contributed by atoms with Gasteiger partial charge in [-0.05, 0) is 24.6 Å². The molecule has 2 aromatic heterocycles. The van der Waals surface area contributed by atoms with E-state index >= 15 is 0 Å². The molecule has 1 N–H and O–H groups in total. The summed E-state index contributed by atoms with van der Waals surface area (Å²) in [4.78, 5) is 23.6. The molecule has 3 rings (SSSR count). The van der Waals surface area contributed by atoms with E-state index in [4.69, 9.17) is 0 Å². The quantitative estimate of drug-likeness (QED) is 0.800. The molecule has 0 aliphatic rings. The number of pyridine rings is 1. The number of hydrogen-bond donors (Lipinski definition) is 1. The first-order valence-corrected chi connectivity index (χ1v) is 6.78. The maximum Gasteiger partial charge on any atom is 0.255 e. The summed E-state index contributed by atoms with van der Waals surface area (Å²) in [5.41, 5.74) is 3.31. The Morgan fingerprint density at radius 2 is 1.76 bits per heavy atom. The molecule has 0 amide bonds. The van der Waals surface area contributed by atoms with Crippen molar-refractivity contribution in [1.82, 2.24) is 15.0 Å². The van der Waals surface area contributed by atoms with Crippen LogP contribution in [0, 0.1) is 6.92 Å². The number of benzene rings is 1. The van der Waals surface area contributed by atoms with Gasteiger partial charge in [0.1, 0.15) is 5.82 Å². The third-order valence-corrected chi connectivity index (χ3v) is 3.31. The largest absolute Gasteiger partial charge is 0.311 e. The fourth-order valence-corrected chi connectivity index (χ4v) is 2.32. The van der Waals surface area contributed by atoms with Gasteiger partial charge < -0.3 is 4.98 Å². The molecule has 0 aliphatic heterocycles. The second kappa shape index (κ2) is 5.71. The molecule has 4 nitrogen and oxygen atoms in total. The van der Waals surface area contributed by atoms with Gasteiger partial charge in [0.05, 0.1) is 5.69 Å². The number of hydrogen-bond acceptors (Lipinski definition) is 3. The van der Waals surface area contributed by atoms with Crippen molar-refractivity contribution in [2.45, 2.75) is 13.3 Å². The lowest BCUT2D eigenvalue weighted by atomic mass is 10.0. The number of aromatic nitrogens is 3. The van der Waals surface area contributed by atoms with Crippen LogP contribution < -0.4 is 5.56 Å². The topological polar surface area (TPSA) is 58.6 Å². The van der Waals surface area contributed by atoms with Gasteiger partial charge in [-0.2, -0.15) is 0 Å². The molecule has 0 unspecified atom stereocenters. The summed E-state index contributed by atoms with van der Waals surface area (Å²) in [6, 6.07) is 13.7. The van der Waals surface area contributed by atoms with Crippen molar-refractivity contribution in [2.75, 3.05) is 0 Å². The zero-order valence-corrected chi connectivity index (χ0v) is 11.7. The third kappa shape index (κ3) is 2.89. The first-order valence-electron chi connectivity index (χ1n) is 6.78. The van der Waals surface area contributed by atoms with Gasteiger partial charge in [-0.1, -0.05) is 30.3 Å². The summed E-state index contributed by atoms with van der Waals surface area (Å²) in [6.45, 7) is 1.79. The standard InChI is InChI=1S/C17H15N3O/c1-12-19-16(14-7-9-18-10-8-14)15(17(21)20-12)11-13-5-3-2-4-6-13/h2-10H,11H2,1H3,(H,19,20,21). The summed E-state index contributed by atoms with van der Waals surface area (Å²) < 4.78 is 0. The van der Waals surface area contributed by atoms with E-state index in [9.17, 15) is 4.79 Å². The van der Waals surface area contributed by atoms with Crippen LogP contribution in [-0.4, -0.2) is 15.0 Å². The van der Waals surface area contributed by atoms with Crippen molar-refractivity contribution in [1.29, 1.82) is 0 Å². The number of nitrogens with one attached hydrogen (secondary N) is 1. The van der Waals surface area contributed by atoms with Crippen molar-refractivity contribution >= 4 is 0 Å². The summed E-state index contributed by atoms with van der Waals surface area (Å²) in [7, 11) is 0. The minimum atomic E-state index is -0.0850. The molecule has 3 aromatic rings. The molecule has 21 heavy (non-hydrogen) atoms. The van der Waals surface area contributed by atoms with Crippen LogP contribution >= 0.6 is 0 Å². The zero-order chi connectivity index (χ0) is 14.7. The Labute approximate surface area is 122 Å². The number of rotatable bonds is 3. The van der Waals surface area contributed by atoms with Gasteiger partial charge >= 0.3 is 0 Å². The molecule has 104 valence electrons. The zero-order valence-electron chi connectivity index (χ0n) is 11.7. The second-order valence-electron chi connectivity index (χ2n) is 4.88.